The van der Waals surface area contributed by atoms with Crippen molar-refractivity contribution in [3.63, 3.8) is 0 Å². The summed E-state index contributed by atoms with van der Waals surface area (Å²) in [4.78, 5) is 33.4. The van der Waals surface area contributed by atoms with Gasteiger partial charge in [0.15, 0.2) is 0 Å². The van der Waals surface area contributed by atoms with Gasteiger partial charge in [-0.3, -0.25) is 9.59 Å². The first-order valence-electron chi connectivity index (χ1n) is 9.37. The fraction of sp³-hybridized carbons (Fsp3) is 0.450. The predicted octanol–water partition coefficient (Wildman–Crippen LogP) is 2.40. The van der Waals surface area contributed by atoms with Crippen molar-refractivity contribution in [2.45, 2.75) is 20.3 Å². The number of nitrogens with one attached hydrogen (secondary N) is 1. The lowest BCUT2D eigenvalue weighted by molar-refractivity contribution is -0.132. The first kappa shape index (κ1) is 19.5. The van der Waals surface area contributed by atoms with Crippen molar-refractivity contribution < 1.29 is 9.59 Å². The molecule has 1 aromatic carbocycles. The molecule has 0 atom stereocenters. The van der Waals surface area contributed by atoms with E-state index in [1.807, 2.05) is 35.4 Å². The minimum absolute atomic E-state index is 0.109. The number of rotatable bonds is 6. The fourth-order valence-electron chi connectivity index (χ4n) is 3.14. The van der Waals surface area contributed by atoms with Crippen molar-refractivity contribution in [2.24, 2.45) is 0 Å². The number of piperazine rings is 1. The smallest absolute Gasteiger partial charge is 0.251 e. The van der Waals surface area contributed by atoms with Gasteiger partial charge in [0.1, 0.15) is 5.01 Å². The third-order valence-electron chi connectivity index (χ3n) is 4.79. The highest BCUT2D eigenvalue weighted by molar-refractivity contribution is 7.13. The molecule has 2 amide bonds. The van der Waals surface area contributed by atoms with Gasteiger partial charge in [-0.05, 0) is 25.6 Å². The third-order valence-corrected chi connectivity index (χ3v) is 5.80. The number of nitrogens with zero attached hydrogens (tertiary/aromatic N) is 3. The molecule has 0 bridgehead atoms. The van der Waals surface area contributed by atoms with E-state index in [0.717, 1.165) is 49.0 Å². The fourth-order valence-corrected chi connectivity index (χ4v) is 3.93. The van der Waals surface area contributed by atoms with Crippen LogP contribution in [0.2, 0.25) is 0 Å². The summed E-state index contributed by atoms with van der Waals surface area (Å²) in [6.45, 7) is 8.87. The molecule has 1 aromatic heterocycles. The van der Waals surface area contributed by atoms with Crippen molar-refractivity contribution in [1.29, 1.82) is 0 Å². The average molecular weight is 387 g/mol. The number of carbonyl (C=O) groups is 2. The van der Waals surface area contributed by atoms with E-state index >= 15 is 0 Å². The lowest BCUT2D eigenvalue weighted by Gasteiger charge is -2.34. The molecule has 7 heteroatoms. The second-order valence-electron chi connectivity index (χ2n) is 6.70. The second-order valence-corrected chi connectivity index (χ2v) is 7.55. The summed E-state index contributed by atoms with van der Waals surface area (Å²) in [5, 5.41) is 5.76. The summed E-state index contributed by atoms with van der Waals surface area (Å²) >= 11 is 1.57. The van der Waals surface area contributed by atoms with Crippen molar-refractivity contribution in [1.82, 2.24) is 20.1 Å². The Balaban J connectivity index is 1.49. The molecule has 2 heterocycles. The number of likely N-dealkylation sites (N-methyl/N-ethyl adjacent to an activating group) is 1. The van der Waals surface area contributed by atoms with Crippen LogP contribution in [-0.2, 0) is 4.79 Å². The number of thiazole rings is 1. The van der Waals surface area contributed by atoms with Crippen LogP contribution in [0.1, 0.15) is 29.4 Å². The zero-order chi connectivity index (χ0) is 19.2. The molecule has 2 aromatic rings. The SMILES string of the molecule is CCN1CCN(C(=O)CCNC(=O)c2cccc(-c3nc(C)cs3)c2)CC1. The van der Waals surface area contributed by atoms with Gasteiger partial charge in [0.05, 0.1) is 0 Å². The molecule has 1 aliphatic rings. The molecule has 0 aliphatic carbocycles. The molecular formula is C20H26N4O2S. The summed E-state index contributed by atoms with van der Waals surface area (Å²) < 4.78 is 0. The molecule has 1 aliphatic heterocycles. The first-order valence-corrected chi connectivity index (χ1v) is 10.3. The van der Waals surface area contributed by atoms with Gasteiger partial charge in [0.2, 0.25) is 5.91 Å². The molecular weight excluding hydrogens is 360 g/mol. The van der Waals surface area contributed by atoms with Crippen LogP contribution in [0.3, 0.4) is 0 Å². The van der Waals surface area contributed by atoms with Crippen LogP contribution in [0.15, 0.2) is 29.6 Å². The number of hydrogen-bond acceptors (Lipinski definition) is 5. The molecule has 0 saturated carbocycles. The molecule has 144 valence electrons. The van der Waals surface area contributed by atoms with Crippen LogP contribution in [0.4, 0.5) is 0 Å². The van der Waals surface area contributed by atoms with E-state index in [2.05, 4.69) is 22.1 Å². The highest BCUT2D eigenvalue weighted by Crippen LogP contribution is 2.24. The Morgan fingerprint density at radius 1 is 1.22 bits per heavy atom. The first-order chi connectivity index (χ1) is 13.1. The van der Waals surface area contributed by atoms with Crippen LogP contribution < -0.4 is 5.32 Å². The Hall–Kier alpha value is -2.25. The van der Waals surface area contributed by atoms with Crippen LogP contribution >= 0.6 is 11.3 Å². The Kier molecular flexibility index (Phi) is 6.58. The lowest BCUT2D eigenvalue weighted by atomic mass is 10.1. The van der Waals surface area contributed by atoms with Crippen molar-refractivity contribution >= 4 is 23.2 Å². The molecule has 27 heavy (non-hydrogen) atoms. The van der Waals surface area contributed by atoms with Gasteiger partial charge in [0, 0.05) is 61.3 Å². The number of amides is 2. The summed E-state index contributed by atoms with van der Waals surface area (Å²) in [6.07, 6.45) is 0.337. The molecule has 1 fully saturated rings. The van der Waals surface area contributed by atoms with Crippen LogP contribution in [0.25, 0.3) is 10.6 Å². The summed E-state index contributed by atoms with van der Waals surface area (Å²) in [5.74, 6) is -0.0493. The minimum atomic E-state index is -0.159. The van der Waals surface area contributed by atoms with E-state index in [0.29, 0.717) is 18.5 Å². The van der Waals surface area contributed by atoms with Gasteiger partial charge in [0.25, 0.3) is 5.91 Å². The predicted molar refractivity (Wildman–Crippen MR) is 108 cm³/mol. The number of benzene rings is 1. The van der Waals surface area contributed by atoms with Crippen LogP contribution in [-0.4, -0.2) is 65.9 Å². The third kappa shape index (κ3) is 5.14. The summed E-state index contributed by atoms with van der Waals surface area (Å²) in [5.41, 5.74) is 2.50. The van der Waals surface area contributed by atoms with Gasteiger partial charge in [-0.15, -0.1) is 11.3 Å². The zero-order valence-electron chi connectivity index (χ0n) is 15.9. The highest BCUT2D eigenvalue weighted by atomic mass is 32.1. The minimum Gasteiger partial charge on any atom is -0.352 e. The topological polar surface area (TPSA) is 65.5 Å². The Morgan fingerprint density at radius 2 is 2.00 bits per heavy atom. The zero-order valence-corrected chi connectivity index (χ0v) is 16.7. The normalized spacial score (nSPS) is 15.0. The van der Waals surface area contributed by atoms with Gasteiger partial charge < -0.3 is 15.1 Å². The Morgan fingerprint density at radius 3 is 2.67 bits per heavy atom. The molecule has 6 nitrogen and oxygen atoms in total. The van der Waals surface area contributed by atoms with Gasteiger partial charge in [-0.25, -0.2) is 4.98 Å². The Labute approximate surface area is 164 Å². The lowest BCUT2D eigenvalue weighted by Crippen LogP contribution is -2.49. The number of carbonyl (C=O) groups excluding carboxylic acids is 2. The van der Waals surface area contributed by atoms with Crippen LogP contribution in [0.5, 0.6) is 0 Å². The van der Waals surface area contributed by atoms with Crippen LogP contribution in [0, 0.1) is 6.92 Å². The molecule has 0 spiro atoms. The number of aryl methyl sites for hydroxylation is 1. The van der Waals surface area contributed by atoms with Gasteiger partial charge in [-0.1, -0.05) is 19.1 Å². The van der Waals surface area contributed by atoms with E-state index in [1.165, 1.54) is 0 Å². The van der Waals surface area contributed by atoms with E-state index in [-0.39, 0.29) is 11.8 Å². The number of aromatic nitrogens is 1. The maximum atomic E-state index is 12.4. The van der Waals surface area contributed by atoms with E-state index in [9.17, 15) is 9.59 Å². The van der Waals surface area contributed by atoms with Crippen molar-refractivity contribution in [3.8, 4) is 10.6 Å². The average Bonchev–Trinajstić information content (AvgIpc) is 3.14. The van der Waals surface area contributed by atoms with E-state index < -0.39 is 0 Å². The number of hydrogen-bond donors (Lipinski definition) is 1. The van der Waals surface area contributed by atoms with Crippen molar-refractivity contribution in [2.75, 3.05) is 39.3 Å². The summed E-state index contributed by atoms with van der Waals surface area (Å²) in [6, 6.07) is 7.44. The maximum Gasteiger partial charge on any atom is 0.251 e. The molecule has 3 rings (SSSR count). The molecule has 0 radical (unpaired) electrons. The maximum absolute atomic E-state index is 12.4. The summed E-state index contributed by atoms with van der Waals surface area (Å²) in [7, 11) is 0. The Bertz CT molecular complexity index is 797. The molecule has 0 unspecified atom stereocenters. The standard InChI is InChI=1S/C20H26N4O2S/c1-3-23-9-11-24(12-10-23)18(25)7-8-21-19(26)16-5-4-6-17(13-16)20-22-15(2)14-27-20/h4-6,13-14H,3,7-12H2,1-2H3,(H,21,26). The van der Waals surface area contributed by atoms with Gasteiger partial charge >= 0.3 is 0 Å². The molecule has 1 N–H and O–H groups in total. The highest BCUT2D eigenvalue weighted by Gasteiger charge is 2.20. The van der Waals surface area contributed by atoms with E-state index in [1.54, 1.807) is 17.4 Å². The monoisotopic (exact) mass is 386 g/mol. The quantitative estimate of drug-likeness (QED) is 0.828. The van der Waals surface area contributed by atoms with E-state index in [4.69, 9.17) is 0 Å². The second kappa shape index (κ2) is 9.10. The van der Waals surface area contributed by atoms with Crippen molar-refractivity contribution in [3.05, 3.63) is 40.9 Å². The molecule has 1 saturated heterocycles. The van der Waals surface area contributed by atoms with Gasteiger partial charge in [-0.2, -0.15) is 0 Å². The largest absolute Gasteiger partial charge is 0.352 e.